The molecule has 0 aliphatic heterocycles. The van der Waals surface area contributed by atoms with Gasteiger partial charge in [0.1, 0.15) is 12.4 Å². The summed E-state index contributed by atoms with van der Waals surface area (Å²) in [5.74, 6) is -0.764. The standard InChI is InChI=1S/C13H14BrFN6O5S/c14-8-5-7(1-2-9(8)15)17-11(18-22)10-12(20-26-19-10)25-6-13(3-4-13)21-27(16,23)24/h1-2,5,21-22H,3-4,6H2,(H,17,18)(H2,16,23,24). The zero-order chi connectivity index (χ0) is 19.7. The topological polar surface area (TPSA) is 165 Å². The maximum atomic E-state index is 13.3. The molecule has 1 fully saturated rings. The predicted octanol–water partition coefficient (Wildman–Crippen LogP) is 0.924. The molecule has 2 aromatic rings. The molecule has 0 atom stereocenters. The minimum absolute atomic E-state index is 0.0654. The van der Waals surface area contributed by atoms with Crippen molar-refractivity contribution in [3.05, 3.63) is 34.2 Å². The van der Waals surface area contributed by atoms with E-state index in [2.05, 4.69) is 46.1 Å². The minimum Gasteiger partial charge on any atom is -0.472 e. The molecule has 27 heavy (non-hydrogen) atoms. The van der Waals surface area contributed by atoms with Crippen LogP contribution in [0.25, 0.3) is 0 Å². The fourth-order valence-corrected chi connectivity index (χ4v) is 3.44. The second-order valence-corrected chi connectivity index (χ2v) is 7.99. The monoisotopic (exact) mass is 464 g/mol. The first-order valence-electron chi connectivity index (χ1n) is 7.43. The van der Waals surface area contributed by atoms with Gasteiger partial charge in [-0.3, -0.25) is 0 Å². The molecule has 5 N–H and O–H groups in total. The summed E-state index contributed by atoms with van der Waals surface area (Å²) in [7, 11) is -3.89. The van der Waals surface area contributed by atoms with E-state index in [0.29, 0.717) is 18.5 Å². The quantitative estimate of drug-likeness (QED) is 0.203. The molecular formula is C13H14BrFN6O5S. The molecule has 1 aromatic carbocycles. The lowest BCUT2D eigenvalue weighted by Crippen LogP contribution is -2.44. The fourth-order valence-electron chi connectivity index (χ4n) is 2.20. The number of halogens is 2. The third kappa shape index (κ3) is 4.91. The molecular weight excluding hydrogens is 451 g/mol. The number of nitrogens with zero attached hydrogens (tertiary/aromatic N) is 3. The molecule has 1 aliphatic carbocycles. The van der Waals surface area contributed by atoms with Gasteiger partial charge in [-0.2, -0.15) is 13.1 Å². The van der Waals surface area contributed by atoms with Gasteiger partial charge in [-0.25, -0.2) is 14.2 Å². The summed E-state index contributed by atoms with van der Waals surface area (Å²) in [6.07, 6.45) is 1.07. The summed E-state index contributed by atoms with van der Waals surface area (Å²) < 4.78 is 48.3. The fraction of sp³-hybridized carbons (Fsp3) is 0.308. The Morgan fingerprint density at radius 2 is 2.22 bits per heavy atom. The number of ether oxygens (including phenoxy) is 1. The van der Waals surface area contributed by atoms with Crippen molar-refractivity contribution in [2.75, 3.05) is 11.9 Å². The summed E-state index contributed by atoms with van der Waals surface area (Å²) in [4.78, 5) is 0. The number of benzene rings is 1. The second kappa shape index (κ2) is 7.38. The van der Waals surface area contributed by atoms with Crippen molar-refractivity contribution in [3.63, 3.8) is 0 Å². The van der Waals surface area contributed by atoms with E-state index in [0.717, 1.165) is 0 Å². The Hall–Kier alpha value is -2.29. The van der Waals surface area contributed by atoms with Gasteiger partial charge in [0, 0.05) is 5.69 Å². The smallest absolute Gasteiger partial charge is 0.287 e. The van der Waals surface area contributed by atoms with E-state index < -0.39 is 21.6 Å². The Morgan fingerprint density at radius 3 is 2.81 bits per heavy atom. The van der Waals surface area contributed by atoms with Crippen LogP contribution in [0.15, 0.2) is 32.5 Å². The van der Waals surface area contributed by atoms with Gasteiger partial charge in [0.2, 0.25) is 11.5 Å². The first-order valence-corrected chi connectivity index (χ1v) is 9.77. The largest absolute Gasteiger partial charge is 0.472 e. The highest BCUT2D eigenvalue weighted by Gasteiger charge is 2.46. The van der Waals surface area contributed by atoms with Gasteiger partial charge in [0.15, 0.2) is 0 Å². The molecule has 0 unspecified atom stereocenters. The van der Waals surface area contributed by atoms with Gasteiger partial charge in [0.25, 0.3) is 16.1 Å². The zero-order valence-electron chi connectivity index (χ0n) is 13.5. The van der Waals surface area contributed by atoms with E-state index in [1.807, 2.05) is 0 Å². The van der Waals surface area contributed by atoms with Gasteiger partial charge >= 0.3 is 0 Å². The van der Waals surface area contributed by atoms with Crippen LogP contribution >= 0.6 is 15.9 Å². The van der Waals surface area contributed by atoms with Gasteiger partial charge in [-0.05, 0) is 57.3 Å². The molecule has 146 valence electrons. The van der Waals surface area contributed by atoms with E-state index >= 15 is 0 Å². The molecule has 0 radical (unpaired) electrons. The molecule has 14 heteroatoms. The highest BCUT2D eigenvalue weighted by atomic mass is 79.9. The number of amidine groups is 1. The lowest BCUT2D eigenvalue weighted by molar-refractivity contribution is 0.231. The van der Waals surface area contributed by atoms with Gasteiger partial charge in [0.05, 0.1) is 10.0 Å². The van der Waals surface area contributed by atoms with E-state index in [1.54, 1.807) is 0 Å². The highest BCUT2D eigenvalue weighted by molar-refractivity contribution is 9.10. The van der Waals surface area contributed by atoms with Crippen molar-refractivity contribution < 1.29 is 27.4 Å². The van der Waals surface area contributed by atoms with Crippen LogP contribution in [0.1, 0.15) is 18.5 Å². The Morgan fingerprint density at radius 1 is 1.48 bits per heavy atom. The van der Waals surface area contributed by atoms with E-state index in [9.17, 15) is 18.0 Å². The Balaban J connectivity index is 1.72. The van der Waals surface area contributed by atoms with Crippen molar-refractivity contribution >= 4 is 37.7 Å². The second-order valence-electron chi connectivity index (χ2n) is 5.84. The van der Waals surface area contributed by atoms with Gasteiger partial charge in [-0.1, -0.05) is 5.16 Å². The van der Waals surface area contributed by atoms with Gasteiger partial charge in [-0.15, -0.1) is 0 Å². The zero-order valence-corrected chi connectivity index (χ0v) is 15.9. The molecule has 0 spiro atoms. The number of rotatable bonds is 7. The van der Waals surface area contributed by atoms with Crippen molar-refractivity contribution in [3.8, 4) is 5.88 Å². The first kappa shape index (κ1) is 19.5. The number of nitrogens with one attached hydrogen (secondary N) is 2. The molecule has 11 nitrogen and oxygen atoms in total. The molecule has 3 rings (SSSR count). The first-order chi connectivity index (χ1) is 12.7. The number of anilines is 1. The number of oxime groups is 1. The van der Waals surface area contributed by atoms with Crippen LogP contribution in [0, 0.1) is 5.82 Å². The number of hydrogen-bond donors (Lipinski definition) is 4. The van der Waals surface area contributed by atoms with E-state index in [-0.39, 0.29) is 28.5 Å². The normalized spacial score (nSPS) is 16.2. The lowest BCUT2D eigenvalue weighted by Gasteiger charge is -2.15. The van der Waals surface area contributed by atoms with Crippen molar-refractivity contribution in [1.29, 1.82) is 0 Å². The average molecular weight is 465 g/mol. The van der Waals surface area contributed by atoms with Crippen molar-refractivity contribution in [1.82, 2.24) is 15.0 Å². The summed E-state index contributed by atoms with van der Waals surface area (Å²) in [6, 6.07) is 4.04. The number of nitrogens with two attached hydrogens (primary N) is 1. The third-order valence-electron chi connectivity index (χ3n) is 3.66. The Kier molecular flexibility index (Phi) is 5.32. The Labute approximate surface area is 161 Å². The van der Waals surface area contributed by atoms with E-state index in [4.69, 9.17) is 9.88 Å². The van der Waals surface area contributed by atoms with Crippen molar-refractivity contribution in [2.45, 2.75) is 18.4 Å². The maximum Gasteiger partial charge on any atom is 0.287 e. The number of hydrogen-bond acceptors (Lipinski definition) is 8. The molecule has 0 saturated heterocycles. The van der Waals surface area contributed by atoms with Gasteiger partial charge < -0.3 is 15.3 Å². The van der Waals surface area contributed by atoms with Crippen LogP contribution in [-0.2, 0) is 10.2 Å². The minimum atomic E-state index is -3.89. The van der Waals surface area contributed by atoms with E-state index in [1.165, 1.54) is 18.2 Å². The molecule has 1 heterocycles. The SMILES string of the molecule is NS(=O)(=O)NC1(COc2nonc2/C(=N/O)Nc2ccc(F)c(Br)c2)CC1. The van der Waals surface area contributed by atoms with Crippen LogP contribution in [0.5, 0.6) is 5.88 Å². The average Bonchev–Trinajstić information content (AvgIpc) is 3.17. The van der Waals surface area contributed by atoms with Crippen LogP contribution in [0.2, 0.25) is 0 Å². The molecule has 0 bridgehead atoms. The van der Waals surface area contributed by atoms with Crippen LogP contribution in [0.3, 0.4) is 0 Å². The summed E-state index contributed by atoms with van der Waals surface area (Å²) in [5.41, 5.74) is -0.501. The lowest BCUT2D eigenvalue weighted by atomic mass is 10.3. The highest BCUT2D eigenvalue weighted by Crippen LogP contribution is 2.36. The predicted molar refractivity (Wildman–Crippen MR) is 94.0 cm³/mol. The number of aromatic nitrogens is 2. The summed E-state index contributed by atoms with van der Waals surface area (Å²) in [6.45, 7) is -0.0779. The Bertz CT molecular complexity index is 977. The molecule has 1 aliphatic rings. The molecule has 0 amide bonds. The molecule has 1 saturated carbocycles. The maximum absolute atomic E-state index is 13.3. The van der Waals surface area contributed by atoms with Crippen LogP contribution in [0.4, 0.5) is 10.1 Å². The summed E-state index contributed by atoms with van der Waals surface area (Å²) >= 11 is 3.04. The third-order valence-corrected chi connectivity index (χ3v) is 4.99. The van der Waals surface area contributed by atoms with Crippen LogP contribution < -0.4 is 19.9 Å². The van der Waals surface area contributed by atoms with Crippen molar-refractivity contribution in [2.24, 2.45) is 10.3 Å². The van der Waals surface area contributed by atoms with Crippen LogP contribution in [-0.4, -0.2) is 41.9 Å². The molecule has 1 aromatic heterocycles. The summed E-state index contributed by atoms with van der Waals surface area (Å²) in [5, 5.41) is 27.2.